The Morgan fingerprint density at radius 2 is 1.75 bits per heavy atom. The fourth-order valence-corrected chi connectivity index (χ4v) is 1.18. The van der Waals surface area contributed by atoms with Crippen LogP contribution in [0.5, 0.6) is 0 Å². The van der Waals surface area contributed by atoms with Gasteiger partial charge in [-0.15, -0.1) is 0 Å². The molecule has 0 aliphatic carbocycles. The van der Waals surface area contributed by atoms with Crippen LogP contribution in [-0.2, 0) is 0 Å². The maximum absolute atomic E-state index is 11.6. The molecular formula is C10H11OSe. The fourth-order valence-electron chi connectivity index (χ4n) is 0.937. The van der Waals surface area contributed by atoms with Crippen LogP contribution >= 0.6 is 0 Å². The van der Waals surface area contributed by atoms with Crippen LogP contribution in [0.3, 0.4) is 0 Å². The van der Waals surface area contributed by atoms with E-state index in [0.717, 1.165) is 5.56 Å². The fraction of sp³-hybridized carbons (Fsp3) is 0.300. The Balaban J connectivity index is 2.94. The molecule has 0 saturated heterocycles. The first-order valence-electron chi connectivity index (χ1n) is 3.82. The summed E-state index contributed by atoms with van der Waals surface area (Å²) in [4.78, 5) is 11.6. The van der Waals surface area contributed by atoms with E-state index in [1.165, 1.54) is 0 Å². The molecule has 0 aliphatic rings. The number of Topliss-reactive ketones (excluding diaryl/α,β-unsaturated/α-hetero) is 1. The van der Waals surface area contributed by atoms with Crippen molar-refractivity contribution in [3.63, 3.8) is 0 Å². The predicted molar refractivity (Wildman–Crippen MR) is 50.6 cm³/mol. The van der Waals surface area contributed by atoms with Crippen LogP contribution in [0.4, 0.5) is 0 Å². The van der Waals surface area contributed by atoms with Crippen LogP contribution in [0.1, 0.15) is 24.2 Å². The average molecular weight is 226 g/mol. The molecule has 1 aromatic rings. The van der Waals surface area contributed by atoms with E-state index in [4.69, 9.17) is 0 Å². The number of ketones is 1. The number of carbonyl (C=O) groups excluding carboxylic acids is 1. The van der Waals surface area contributed by atoms with Crippen molar-refractivity contribution in [1.29, 1.82) is 0 Å². The molecule has 1 nitrogen and oxygen atoms in total. The first-order valence-corrected chi connectivity index (χ1v) is 4.68. The Morgan fingerprint density at radius 3 is 2.17 bits per heavy atom. The molecule has 0 heterocycles. The summed E-state index contributed by atoms with van der Waals surface area (Å²) in [7, 11) is 0. The topological polar surface area (TPSA) is 17.1 Å². The number of hydrogen-bond donors (Lipinski definition) is 0. The second-order valence-electron chi connectivity index (χ2n) is 3.21. The van der Waals surface area contributed by atoms with Gasteiger partial charge >= 0.3 is 80.6 Å². The van der Waals surface area contributed by atoms with Gasteiger partial charge in [0.05, 0.1) is 0 Å². The van der Waals surface area contributed by atoms with E-state index in [2.05, 4.69) is 16.0 Å². The zero-order valence-electron chi connectivity index (χ0n) is 7.20. The third-order valence-corrected chi connectivity index (χ3v) is 1.97. The molecular weight excluding hydrogens is 215 g/mol. The Hall–Kier alpha value is -0.591. The number of rotatable bonds is 2. The molecule has 0 amide bonds. The third kappa shape index (κ3) is 2.20. The second kappa shape index (κ2) is 3.42. The van der Waals surface area contributed by atoms with Gasteiger partial charge in [0.2, 0.25) is 0 Å². The molecule has 0 aromatic heterocycles. The second-order valence-corrected chi connectivity index (χ2v) is 5.35. The molecule has 63 valence electrons. The molecule has 0 bridgehead atoms. The van der Waals surface area contributed by atoms with Crippen LogP contribution in [0.2, 0.25) is 4.31 Å². The first-order chi connectivity index (χ1) is 5.52. The molecule has 0 N–H and O–H groups in total. The van der Waals surface area contributed by atoms with Crippen molar-refractivity contribution in [2.45, 2.75) is 18.2 Å². The number of benzene rings is 1. The molecule has 1 rings (SSSR count). The van der Waals surface area contributed by atoms with E-state index in [9.17, 15) is 4.79 Å². The summed E-state index contributed by atoms with van der Waals surface area (Å²) in [6, 6.07) is 9.32. The zero-order valence-corrected chi connectivity index (χ0v) is 8.92. The van der Waals surface area contributed by atoms with Gasteiger partial charge in [-0.3, -0.25) is 0 Å². The van der Waals surface area contributed by atoms with Crippen LogP contribution in [-0.4, -0.2) is 21.8 Å². The summed E-state index contributed by atoms with van der Waals surface area (Å²) < 4.78 is -0.401. The Bertz CT molecular complexity index is 272. The van der Waals surface area contributed by atoms with Crippen molar-refractivity contribution in [2.75, 3.05) is 0 Å². The van der Waals surface area contributed by atoms with Gasteiger partial charge in [0.1, 0.15) is 0 Å². The molecule has 0 spiro atoms. The summed E-state index contributed by atoms with van der Waals surface area (Å²) >= 11 is 2.87. The van der Waals surface area contributed by atoms with Crippen molar-refractivity contribution >= 4 is 21.8 Å². The molecule has 1 aromatic carbocycles. The van der Waals surface area contributed by atoms with Crippen molar-refractivity contribution in [3.8, 4) is 0 Å². The SMILES string of the molecule is CC(C)([Se])C(=O)c1ccccc1. The predicted octanol–water partition coefficient (Wildman–Crippen LogP) is 2.24. The summed E-state index contributed by atoms with van der Waals surface area (Å²) in [5, 5.41) is 0. The standard InChI is InChI=1S/C10H11OSe/c1-10(2,12)9(11)8-6-4-3-5-7-8/h3-7H,1-2H3. The van der Waals surface area contributed by atoms with Crippen molar-refractivity contribution in [1.82, 2.24) is 0 Å². The summed E-state index contributed by atoms with van der Waals surface area (Å²) in [6.07, 6.45) is 0. The third-order valence-electron chi connectivity index (χ3n) is 1.58. The van der Waals surface area contributed by atoms with Gasteiger partial charge in [0.25, 0.3) is 0 Å². The van der Waals surface area contributed by atoms with Gasteiger partial charge in [-0.05, 0) is 0 Å². The van der Waals surface area contributed by atoms with Crippen LogP contribution in [0.25, 0.3) is 0 Å². The zero-order chi connectivity index (χ0) is 9.19. The summed E-state index contributed by atoms with van der Waals surface area (Å²) in [5.41, 5.74) is 0.765. The van der Waals surface area contributed by atoms with Crippen LogP contribution in [0.15, 0.2) is 30.3 Å². The van der Waals surface area contributed by atoms with Gasteiger partial charge in [0.15, 0.2) is 0 Å². The molecule has 2 heteroatoms. The molecule has 0 fully saturated rings. The normalized spacial score (nSPS) is 11.2. The van der Waals surface area contributed by atoms with E-state index < -0.39 is 4.31 Å². The Labute approximate surface area is 81.0 Å². The number of hydrogen-bond acceptors (Lipinski definition) is 1. The Kier molecular flexibility index (Phi) is 2.71. The number of carbonyl (C=O) groups is 1. The monoisotopic (exact) mass is 227 g/mol. The molecule has 0 unspecified atom stereocenters. The van der Waals surface area contributed by atoms with E-state index in [1.54, 1.807) is 0 Å². The first kappa shape index (κ1) is 9.50. The Morgan fingerprint density at radius 1 is 1.25 bits per heavy atom. The maximum atomic E-state index is 11.6. The minimum atomic E-state index is -0.401. The molecule has 0 aliphatic heterocycles. The molecule has 1 radical (unpaired) electrons. The summed E-state index contributed by atoms with van der Waals surface area (Å²) in [6.45, 7) is 3.75. The van der Waals surface area contributed by atoms with Crippen molar-refractivity contribution < 1.29 is 4.79 Å². The van der Waals surface area contributed by atoms with E-state index in [1.807, 2.05) is 44.2 Å². The van der Waals surface area contributed by atoms with Gasteiger partial charge in [-0.1, -0.05) is 0 Å². The molecule has 12 heavy (non-hydrogen) atoms. The average Bonchev–Trinajstić information content (AvgIpc) is 2.03. The van der Waals surface area contributed by atoms with Crippen molar-refractivity contribution in [2.24, 2.45) is 0 Å². The van der Waals surface area contributed by atoms with E-state index in [-0.39, 0.29) is 5.78 Å². The van der Waals surface area contributed by atoms with Gasteiger partial charge in [-0.25, -0.2) is 0 Å². The van der Waals surface area contributed by atoms with Gasteiger partial charge < -0.3 is 0 Å². The quantitative estimate of drug-likeness (QED) is 0.558. The van der Waals surface area contributed by atoms with Crippen LogP contribution in [0, 0.1) is 0 Å². The van der Waals surface area contributed by atoms with Crippen molar-refractivity contribution in [3.05, 3.63) is 35.9 Å². The molecule has 0 saturated carbocycles. The summed E-state index contributed by atoms with van der Waals surface area (Å²) in [5.74, 6) is 0.142. The molecule has 0 atom stereocenters. The van der Waals surface area contributed by atoms with E-state index >= 15 is 0 Å². The van der Waals surface area contributed by atoms with Gasteiger partial charge in [0, 0.05) is 0 Å². The van der Waals surface area contributed by atoms with Gasteiger partial charge in [-0.2, -0.15) is 0 Å². The van der Waals surface area contributed by atoms with E-state index in [0.29, 0.717) is 0 Å². The van der Waals surface area contributed by atoms with Crippen LogP contribution < -0.4 is 0 Å². The minimum absolute atomic E-state index is 0.142.